The number of hydrogen-bond acceptors (Lipinski definition) is 3. The van der Waals surface area contributed by atoms with Gasteiger partial charge in [-0.1, -0.05) is 72.5 Å². The van der Waals surface area contributed by atoms with Crippen molar-refractivity contribution in [3.05, 3.63) is 29.8 Å². The number of benzene rings is 1. The molecule has 0 saturated carbocycles. The fraction of sp³-hybridized carbons (Fsp3) is 0.684. The second-order valence-corrected chi connectivity index (χ2v) is 12.2. The van der Waals surface area contributed by atoms with E-state index in [9.17, 15) is 8.42 Å². The van der Waals surface area contributed by atoms with E-state index in [0.717, 1.165) is 12.2 Å². The molecule has 0 aliphatic rings. The summed E-state index contributed by atoms with van der Waals surface area (Å²) >= 11 is 1.30. The first-order chi connectivity index (χ1) is 10.8. The minimum absolute atomic E-state index is 0.128. The fourth-order valence-corrected chi connectivity index (χ4v) is 5.08. The van der Waals surface area contributed by atoms with Crippen molar-refractivity contribution < 1.29 is 8.42 Å². The smallest absolute Gasteiger partial charge is 0.206 e. The molecule has 0 aromatic heterocycles. The number of rotatable bonds is 6. The van der Waals surface area contributed by atoms with Gasteiger partial charge in [-0.05, 0) is 40.9 Å². The highest BCUT2D eigenvalue weighted by Crippen LogP contribution is 2.43. The van der Waals surface area contributed by atoms with Crippen molar-refractivity contribution in [2.24, 2.45) is 10.8 Å². The lowest BCUT2D eigenvalue weighted by atomic mass is 9.69. The molecular formula is C19H33NO2S2. The molecule has 24 heavy (non-hydrogen) atoms. The van der Waals surface area contributed by atoms with E-state index >= 15 is 0 Å². The van der Waals surface area contributed by atoms with Crippen LogP contribution in [0.3, 0.4) is 0 Å². The Balaban J connectivity index is 3.16. The number of sulfonamides is 1. The molecule has 3 nitrogen and oxygen atoms in total. The summed E-state index contributed by atoms with van der Waals surface area (Å²) in [7, 11) is -1.81. The summed E-state index contributed by atoms with van der Waals surface area (Å²) < 4.78 is 26.4. The van der Waals surface area contributed by atoms with Gasteiger partial charge in [0.15, 0.2) is 0 Å². The van der Waals surface area contributed by atoms with E-state index in [1.54, 1.807) is 19.2 Å². The zero-order valence-corrected chi connectivity index (χ0v) is 18.0. The van der Waals surface area contributed by atoms with Crippen LogP contribution in [0.5, 0.6) is 0 Å². The van der Waals surface area contributed by atoms with Crippen LogP contribution < -0.4 is 0 Å². The van der Waals surface area contributed by atoms with Crippen LogP contribution in [0.2, 0.25) is 0 Å². The monoisotopic (exact) mass is 371 g/mol. The van der Waals surface area contributed by atoms with Gasteiger partial charge < -0.3 is 0 Å². The molecule has 1 rings (SSSR count). The van der Waals surface area contributed by atoms with Gasteiger partial charge in [0.1, 0.15) is 0 Å². The summed E-state index contributed by atoms with van der Waals surface area (Å²) in [6.45, 7) is 15.4. The van der Waals surface area contributed by atoms with E-state index in [-0.39, 0.29) is 10.8 Å². The highest BCUT2D eigenvalue weighted by atomic mass is 32.3. The summed E-state index contributed by atoms with van der Waals surface area (Å²) in [4.78, 5) is 0.359. The standard InChI is InChI=1S/C19H33NO2S2/c1-9-23-20(8)24(21,22)16-12-10-15(11-13-16)17(19(5,6)7)14-18(2,3)4/h10-13,17H,9,14H2,1-8H3. The van der Waals surface area contributed by atoms with Crippen LogP contribution in [0, 0.1) is 10.8 Å². The molecule has 5 heteroatoms. The lowest BCUT2D eigenvalue weighted by Crippen LogP contribution is -2.24. The normalized spacial score (nSPS) is 14.9. The third-order valence-electron chi connectivity index (χ3n) is 4.09. The predicted octanol–water partition coefficient (Wildman–Crippen LogP) is 5.54. The molecule has 0 fully saturated rings. The summed E-state index contributed by atoms with van der Waals surface area (Å²) in [5.74, 6) is 1.11. The molecule has 0 spiro atoms. The summed E-state index contributed by atoms with van der Waals surface area (Å²) in [5.41, 5.74) is 1.56. The molecule has 1 aromatic rings. The minimum Gasteiger partial charge on any atom is -0.206 e. The largest absolute Gasteiger partial charge is 0.252 e. The van der Waals surface area contributed by atoms with E-state index in [4.69, 9.17) is 0 Å². The first kappa shape index (κ1) is 21.5. The first-order valence-corrected chi connectivity index (χ1v) is 10.9. The highest BCUT2D eigenvalue weighted by Gasteiger charge is 2.31. The molecule has 0 amide bonds. The summed E-state index contributed by atoms with van der Waals surface area (Å²) in [6, 6.07) is 7.47. The molecule has 0 aliphatic carbocycles. The average molecular weight is 372 g/mol. The van der Waals surface area contributed by atoms with Crippen molar-refractivity contribution in [2.75, 3.05) is 12.8 Å². The number of nitrogens with zero attached hydrogens (tertiary/aromatic N) is 1. The zero-order valence-electron chi connectivity index (χ0n) is 16.4. The lowest BCUT2D eigenvalue weighted by molar-refractivity contribution is 0.229. The molecule has 0 heterocycles. The van der Waals surface area contributed by atoms with Crippen molar-refractivity contribution in [3.8, 4) is 0 Å². The molecule has 1 atom stereocenters. The Labute approximate surface area is 153 Å². The Morgan fingerprint density at radius 3 is 1.92 bits per heavy atom. The number of hydrogen-bond donors (Lipinski definition) is 0. The molecular weight excluding hydrogens is 338 g/mol. The van der Waals surface area contributed by atoms with Crippen molar-refractivity contribution >= 4 is 22.0 Å². The first-order valence-electron chi connectivity index (χ1n) is 8.51. The Bertz CT molecular complexity index is 623. The van der Waals surface area contributed by atoms with E-state index in [1.165, 1.54) is 21.2 Å². The van der Waals surface area contributed by atoms with E-state index < -0.39 is 10.0 Å². The van der Waals surface area contributed by atoms with Gasteiger partial charge >= 0.3 is 0 Å². The molecule has 1 unspecified atom stereocenters. The molecule has 1 aromatic carbocycles. The molecule has 0 saturated heterocycles. The van der Waals surface area contributed by atoms with Gasteiger partial charge in [-0.15, -0.1) is 3.71 Å². The van der Waals surface area contributed by atoms with Crippen LogP contribution in [-0.2, 0) is 10.0 Å². The molecule has 0 N–H and O–H groups in total. The zero-order chi connectivity index (χ0) is 18.8. The van der Waals surface area contributed by atoms with Gasteiger partial charge in [0, 0.05) is 12.8 Å². The average Bonchev–Trinajstić information content (AvgIpc) is 2.43. The highest BCUT2D eigenvalue weighted by molar-refractivity contribution is 8.08. The summed E-state index contributed by atoms with van der Waals surface area (Å²) in [5, 5.41) is 0. The quantitative estimate of drug-likeness (QED) is 0.616. The van der Waals surface area contributed by atoms with Gasteiger partial charge in [-0.2, -0.15) is 0 Å². The lowest BCUT2D eigenvalue weighted by Gasteiger charge is -2.36. The fourth-order valence-electron chi connectivity index (χ4n) is 2.81. The Hall–Kier alpha value is -0.520. The molecule has 138 valence electrons. The van der Waals surface area contributed by atoms with Crippen LogP contribution in [0.1, 0.15) is 66.4 Å². The van der Waals surface area contributed by atoms with Crippen LogP contribution in [0.25, 0.3) is 0 Å². The van der Waals surface area contributed by atoms with Crippen molar-refractivity contribution in [1.29, 1.82) is 0 Å². The predicted molar refractivity (Wildman–Crippen MR) is 106 cm³/mol. The Kier molecular flexibility index (Phi) is 6.99. The van der Waals surface area contributed by atoms with E-state index in [1.807, 2.05) is 19.1 Å². The van der Waals surface area contributed by atoms with Crippen molar-refractivity contribution in [1.82, 2.24) is 3.71 Å². The topological polar surface area (TPSA) is 37.4 Å². The Morgan fingerprint density at radius 2 is 1.54 bits per heavy atom. The maximum absolute atomic E-state index is 12.5. The van der Waals surface area contributed by atoms with Gasteiger partial charge in [-0.3, -0.25) is 0 Å². The third-order valence-corrected chi connectivity index (χ3v) is 7.16. The van der Waals surface area contributed by atoms with Crippen LogP contribution in [-0.4, -0.2) is 24.9 Å². The minimum atomic E-state index is -3.42. The van der Waals surface area contributed by atoms with Crippen LogP contribution in [0.15, 0.2) is 29.2 Å². The van der Waals surface area contributed by atoms with Gasteiger partial charge in [0.05, 0.1) is 4.90 Å². The summed E-state index contributed by atoms with van der Waals surface area (Å²) in [6.07, 6.45) is 1.06. The van der Waals surface area contributed by atoms with Gasteiger partial charge in [0.25, 0.3) is 10.0 Å². The van der Waals surface area contributed by atoms with Crippen molar-refractivity contribution in [2.45, 2.75) is 65.7 Å². The molecule has 0 bridgehead atoms. The molecule has 0 radical (unpaired) electrons. The van der Waals surface area contributed by atoms with E-state index in [2.05, 4.69) is 41.5 Å². The van der Waals surface area contributed by atoms with Crippen LogP contribution >= 0.6 is 11.9 Å². The van der Waals surface area contributed by atoms with Gasteiger partial charge in [0.2, 0.25) is 0 Å². The molecule has 0 aliphatic heterocycles. The third kappa shape index (κ3) is 5.78. The maximum atomic E-state index is 12.5. The van der Waals surface area contributed by atoms with E-state index in [0.29, 0.717) is 10.8 Å². The second-order valence-electron chi connectivity index (χ2n) is 8.58. The Morgan fingerprint density at radius 1 is 1.04 bits per heavy atom. The second kappa shape index (κ2) is 7.79. The van der Waals surface area contributed by atoms with Crippen molar-refractivity contribution in [3.63, 3.8) is 0 Å². The van der Waals surface area contributed by atoms with Gasteiger partial charge in [-0.25, -0.2) is 8.42 Å². The SMILES string of the molecule is CCSN(C)S(=O)(=O)c1ccc(C(CC(C)(C)C)C(C)(C)C)cc1. The van der Waals surface area contributed by atoms with Crippen LogP contribution in [0.4, 0.5) is 0 Å². The maximum Gasteiger partial charge on any atom is 0.252 e.